The van der Waals surface area contributed by atoms with E-state index < -0.39 is 23.1 Å². The van der Waals surface area contributed by atoms with Crippen molar-refractivity contribution in [3.63, 3.8) is 0 Å². The number of nitrogens with zero attached hydrogens (tertiary/aromatic N) is 2. The third-order valence-corrected chi connectivity index (χ3v) is 3.13. The Bertz CT molecular complexity index is 779. The van der Waals surface area contributed by atoms with Crippen molar-refractivity contribution in [2.24, 2.45) is 0 Å². The molecule has 0 atom stereocenters. The van der Waals surface area contributed by atoms with Gasteiger partial charge in [0.05, 0.1) is 13.0 Å². The minimum absolute atomic E-state index is 0.0524. The molecule has 0 saturated heterocycles. The maximum Gasteiger partial charge on any atom is 0.326 e. The highest BCUT2D eigenvalue weighted by Crippen LogP contribution is 2.16. The van der Waals surface area contributed by atoms with Gasteiger partial charge in [-0.05, 0) is 6.92 Å². The largest absolute Gasteiger partial charge is 0.466 e. The van der Waals surface area contributed by atoms with E-state index in [1.165, 1.54) is 0 Å². The predicted octanol–water partition coefficient (Wildman–Crippen LogP) is -0.727. The number of aromatic amines is 2. The third kappa shape index (κ3) is 4.09. The third-order valence-electron chi connectivity index (χ3n) is 2.29. The molecule has 0 fully saturated rings. The molecule has 3 N–H and O–H groups in total. The van der Waals surface area contributed by atoms with Crippen LogP contribution in [0.2, 0.25) is 0 Å². The molecule has 0 aliphatic heterocycles. The summed E-state index contributed by atoms with van der Waals surface area (Å²) in [7, 11) is 0. The van der Waals surface area contributed by atoms with E-state index in [1.54, 1.807) is 6.92 Å². The van der Waals surface area contributed by atoms with E-state index in [-0.39, 0.29) is 23.9 Å². The predicted molar refractivity (Wildman–Crippen MR) is 75.9 cm³/mol. The minimum Gasteiger partial charge on any atom is -0.466 e. The number of amides is 1. The molecule has 11 heteroatoms. The van der Waals surface area contributed by atoms with Crippen LogP contribution >= 0.6 is 11.3 Å². The number of nitrogens with one attached hydrogen (secondary N) is 3. The van der Waals surface area contributed by atoms with E-state index >= 15 is 0 Å². The molecule has 0 bridgehead atoms. The molecule has 0 radical (unpaired) electrons. The van der Waals surface area contributed by atoms with Gasteiger partial charge in [-0.1, -0.05) is 11.3 Å². The van der Waals surface area contributed by atoms with Crippen molar-refractivity contribution in [3.8, 4) is 0 Å². The molecule has 0 saturated carbocycles. The molecular formula is C11H11N5O5S. The molecule has 2 aromatic heterocycles. The van der Waals surface area contributed by atoms with Crippen LogP contribution in [0.15, 0.2) is 15.7 Å². The summed E-state index contributed by atoms with van der Waals surface area (Å²) in [6.45, 7) is 1.95. The summed E-state index contributed by atoms with van der Waals surface area (Å²) in [6.07, 6.45) is -0.0524. The summed E-state index contributed by atoms with van der Waals surface area (Å²) >= 11 is 0.986. The molecule has 0 spiro atoms. The maximum atomic E-state index is 11.9. The van der Waals surface area contributed by atoms with Gasteiger partial charge in [-0.3, -0.25) is 24.7 Å². The van der Waals surface area contributed by atoms with Crippen LogP contribution in [0.3, 0.4) is 0 Å². The molecule has 0 aliphatic rings. The molecule has 2 rings (SSSR count). The Kier molecular flexibility index (Phi) is 4.78. The lowest BCUT2D eigenvalue weighted by molar-refractivity contribution is -0.142. The fraction of sp³-hybridized carbons (Fsp3) is 0.273. The van der Waals surface area contributed by atoms with Gasteiger partial charge in [-0.15, -0.1) is 10.2 Å². The van der Waals surface area contributed by atoms with Crippen LogP contribution in [0.1, 0.15) is 22.4 Å². The quantitative estimate of drug-likeness (QED) is 0.614. The molecule has 0 unspecified atom stereocenters. The van der Waals surface area contributed by atoms with Gasteiger partial charge in [-0.25, -0.2) is 4.79 Å². The average Bonchev–Trinajstić information content (AvgIpc) is 2.85. The second-order valence-electron chi connectivity index (χ2n) is 3.94. The van der Waals surface area contributed by atoms with Gasteiger partial charge in [0.1, 0.15) is 10.7 Å². The monoisotopic (exact) mass is 325 g/mol. The molecule has 2 aromatic rings. The number of aromatic nitrogens is 4. The fourth-order valence-corrected chi connectivity index (χ4v) is 2.19. The summed E-state index contributed by atoms with van der Waals surface area (Å²) in [5.41, 5.74) is -1.71. The van der Waals surface area contributed by atoms with Crippen LogP contribution in [0.5, 0.6) is 0 Å². The first kappa shape index (κ1) is 15.6. The number of carbonyl (C=O) groups is 2. The first-order valence-electron chi connectivity index (χ1n) is 6.11. The van der Waals surface area contributed by atoms with Crippen LogP contribution in [-0.2, 0) is 16.0 Å². The van der Waals surface area contributed by atoms with Crippen molar-refractivity contribution >= 4 is 28.3 Å². The molecule has 116 valence electrons. The zero-order chi connectivity index (χ0) is 16.1. The summed E-state index contributed by atoms with van der Waals surface area (Å²) in [5.74, 6) is -1.17. The van der Waals surface area contributed by atoms with Gasteiger partial charge in [0.2, 0.25) is 5.13 Å². The van der Waals surface area contributed by atoms with E-state index in [1.807, 2.05) is 4.98 Å². The lowest BCUT2D eigenvalue weighted by Crippen LogP contribution is -2.27. The van der Waals surface area contributed by atoms with Gasteiger partial charge in [-0.2, -0.15) is 0 Å². The number of anilines is 1. The lowest BCUT2D eigenvalue weighted by Gasteiger charge is -1.99. The zero-order valence-corrected chi connectivity index (χ0v) is 12.2. The van der Waals surface area contributed by atoms with Crippen molar-refractivity contribution in [1.82, 2.24) is 20.2 Å². The second kappa shape index (κ2) is 6.76. The Labute approximate surface area is 126 Å². The van der Waals surface area contributed by atoms with Crippen LogP contribution in [0, 0.1) is 0 Å². The van der Waals surface area contributed by atoms with Crippen molar-refractivity contribution in [2.45, 2.75) is 13.3 Å². The van der Waals surface area contributed by atoms with E-state index in [4.69, 9.17) is 4.74 Å². The average molecular weight is 325 g/mol. The molecule has 22 heavy (non-hydrogen) atoms. The standard InChI is InChI=1S/C11H11N5O5S/c1-2-21-8(18)4-7-15-16-11(22-7)14-9(19)5-3-6(17)13-10(20)12-5/h3H,2,4H2,1H3,(H,14,16,19)(H2,12,13,17,20). The number of carbonyl (C=O) groups excluding carboxylic acids is 2. The molecule has 10 nitrogen and oxygen atoms in total. The van der Waals surface area contributed by atoms with Gasteiger partial charge in [0.25, 0.3) is 11.5 Å². The second-order valence-corrected chi connectivity index (χ2v) is 5.00. The number of hydrogen-bond acceptors (Lipinski definition) is 8. The Hall–Kier alpha value is -2.82. The molecule has 1 amide bonds. The molecule has 0 aliphatic carbocycles. The molecular weight excluding hydrogens is 314 g/mol. The topological polar surface area (TPSA) is 147 Å². The Balaban J connectivity index is 2.06. The number of rotatable bonds is 5. The lowest BCUT2D eigenvalue weighted by atomic mass is 10.4. The number of ether oxygens (including phenoxy) is 1. The minimum atomic E-state index is -0.794. The summed E-state index contributed by atoms with van der Waals surface area (Å²) in [5, 5.41) is 10.3. The summed E-state index contributed by atoms with van der Waals surface area (Å²) < 4.78 is 4.77. The van der Waals surface area contributed by atoms with Gasteiger partial charge >= 0.3 is 11.7 Å². The van der Waals surface area contributed by atoms with Crippen molar-refractivity contribution in [3.05, 3.63) is 37.6 Å². The fourth-order valence-electron chi connectivity index (χ4n) is 1.47. The number of esters is 1. The SMILES string of the molecule is CCOC(=O)Cc1nnc(NC(=O)c2cc(=O)[nH]c(=O)[nH]2)s1. The Morgan fingerprint density at radius 3 is 2.77 bits per heavy atom. The van der Waals surface area contributed by atoms with E-state index in [9.17, 15) is 19.2 Å². The smallest absolute Gasteiger partial charge is 0.326 e. The van der Waals surface area contributed by atoms with E-state index in [2.05, 4.69) is 20.5 Å². The molecule has 0 aromatic carbocycles. The van der Waals surface area contributed by atoms with Crippen molar-refractivity contribution in [1.29, 1.82) is 0 Å². The Morgan fingerprint density at radius 2 is 2.09 bits per heavy atom. The zero-order valence-electron chi connectivity index (χ0n) is 11.3. The number of hydrogen-bond donors (Lipinski definition) is 3. The van der Waals surface area contributed by atoms with Crippen LogP contribution in [0.4, 0.5) is 5.13 Å². The highest BCUT2D eigenvalue weighted by molar-refractivity contribution is 7.15. The van der Waals surface area contributed by atoms with Crippen molar-refractivity contribution < 1.29 is 14.3 Å². The van der Waals surface area contributed by atoms with Crippen molar-refractivity contribution in [2.75, 3.05) is 11.9 Å². The highest BCUT2D eigenvalue weighted by atomic mass is 32.1. The normalized spacial score (nSPS) is 10.2. The maximum absolute atomic E-state index is 11.9. The van der Waals surface area contributed by atoms with Crippen LogP contribution in [0.25, 0.3) is 0 Å². The van der Waals surface area contributed by atoms with Crippen LogP contribution in [-0.4, -0.2) is 38.6 Å². The van der Waals surface area contributed by atoms with Gasteiger partial charge in [0, 0.05) is 6.07 Å². The van der Waals surface area contributed by atoms with E-state index in [0.717, 1.165) is 17.4 Å². The first-order chi connectivity index (χ1) is 10.5. The summed E-state index contributed by atoms with van der Waals surface area (Å²) in [4.78, 5) is 49.5. The highest BCUT2D eigenvalue weighted by Gasteiger charge is 2.14. The number of H-pyrrole nitrogens is 2. The Morgan fingerprint density at radius 1 is 1.32 bits per heavy atom. The van der Waals surface area contributed by atoms with Crippen LogP contribution < -0.4 is 16.6 Å². The van der Waals surface area contributed by atoms with Gasteiger partial charge < -0.3 is 9.72 Å². The first-order valence-corrected chi connectivity index (χ1v) is 6.92. The van der Waals surface area contributed by atoms with E-state index in [0.29, 0.717) is 5.01 Å². The van der Waals surface area contributed by atoms with Gasteiger partial charge in [0.15, 0.2) is 0 Å². The summed E-state index contributed by atoms with van der Waals surface area (Å²) in [6, 6.07) is 0.942. The molecule has 2 heterocycles.